The second-order valence-electron chi connectivity index (χ2n) is 2.06. The number of hydrogen-bond acceptors (Lipinski definition) is 0. The van der Waals surface area contributed by atoms with Gasteiger partial charge in [-0.3, -0.25) is 0 Å². The quantitative estimate of drug-likeness (QED) is 0.477. The van der Waals surface area contributed by atoms with E-state index in [-0.39, 0.29) is 0 Å². The molecule has 0 fully saturated rings. The Labute approximate surface area is 46.9 Å². The molecule has 0 saturated heterocycles. The summed E-state index contributed by atoms with van der Waals surface area (Å²) in [6.45, 7) is 6.66. The molecule has 0 N–H and O–H groups in total. The van der Waals surface area contributed by atoms with E-state index < -0.39 is 0 Å². The third-order valence-corrected chi connectivity index (χ3v) is 1.28. The normalized spacial score (nSPS) is 9.00. The predicted octanol–water partition coefficient (Wildman–Crippen LogP) is 2.79. The topological polar surface area (TPSA) is 0 Å². The summed E-state index contributed by atoms with van der Waals surface area (Å²) in [5.74, 6) is 1.63. The van der Waals surface area contributed by atoms with E-state index in [9.17, 15) is 0 Å². The Hall–Kier alpha value is -0.130. The van der Waals surface area contributed by atoms with Gasteiger partial charge in [0.05, 0.1) is 25.7 Å². The average molecular weight is 99.2 g/mol. The Balaban J connectivity index is 2.83. The molecule has 0 saturated carbocycles. The fourth-order valence-electron chi connectivity index (χ4n) is 0.604. The van der Waals surface area contributed by atoms with Gasteiger partial charge in [-0.1, -0.05) is 6.92 Å². The Bertz CT molecular complexity index is 31.0. The van der Waals surface area contributed by atoms with E-state index in [2.05, 4.69) is 20.8 Å². The van der Waals surface area contributed by atoms with Crippen LogP contribution in [0.15, 0.2) is 0 Å². The zero-order valence-electron chi connectivity index (χ0n) is 5.62. The van der Waals surface area contributed by atoms with E-state index >= 15 is 0 Å². The molecule has 0 aliphatic rings. The van der Waals surface area contributed by atoms with Crippen LogP contribution < -0.4 is 0 Å². The van der Waals surface area contributed by atoms with E-state index in [1.807, 2.05) is 0 Å². The molecule has 0 bridgehead atoms. The van der Waals surface area contributed by atoms with E-state index in [0.717, 1.165) is 0 Å². The lowest BCUT2D eigenvalue weighted by Crippen LogP contribution is -1.85. The Morgan fingerprint density at radius 3 is 2.00 bits per heavy atom. The van der Waals surface area contributed by atoms with E-state index in [1.54, 1.807) is 5.92 Å². The minimum Gasteiger partial charge on any atom is -0.0613 e. The monoisotopic (exact) mass is 99.1 g/mol. The largest absolute Gasteiger partial charge is 0.0894 e. The summed E-state index contributed by atoms with van der Waals surface area (Å²) in [5, 5.41) is 0. The Morgan fingerprint density at radius 1 is 1.29 bits per heavy atom. The molecule has 0 aromatic carbocycles. The van der Waals surface area contributed by atoms with Crippen molar-refractivity contribution >= 4 is 0 Å². The standard InChI is InChI=1S/C7H15/c1-4-6-7(3)5-2/h4-6H2,1-3H3/q+1. The van der Waals surface area contributed by atoms with Gasteiger partial charge in [0.15, 0.2) is 0 Å². The molecule has 0 rings (SSSR count). The first-order valence-electron chi connectivity index (χ1n) is 3.12. The van der Waals surface area contributed by atoms with Gasteiger partial charge >= 0.3 is 0 Å². The van der Waals surface area contributed by atoms with Crippen LogP contribution in [0, 0.1) is 5.92 Å². The van der Waals surface area contributed by atoms with Gasteiger partial charge in [-0.2, -0.15) is 0 Å². The van der Waals surface area contributed by atoms with Crippen LogP contribution in [-0.4, -0.2) is 0 Å². The summed E-state index contributed by atoms with van der Waals surface area (Å²) in [6.07, 6.45) is 3.88. The highest BCUT2D eigenvalue weighted by Gasteiger charge is 2.04. The first-order valence-corrected chi connectivity index (χ1v) is 3.12. The van der Waals surface area contributed by atoms with Crippen LogP contribution in [0.5, 0.6) is 0 Å². The lowest BCUT2D eigenvalue weighted by molar-refractivity contribution is 0.746. The lowest BCUT2D eigenvalue weighted by atomic mass is 10.0. The highest BCUT2D eigenvalue weighted by atomic mass is 14.0. The molecule has 42 valence electrons. The third kappa shape index (κ3) is 3.71. The van der Waals surface area contributed by atoms with Crippen molar-refractivity contribution in [1.29, 1.82) is 0 Å². The fourth-order valence-corrected chi connectivity index (χ4v) is 0.604. The summed E-state index contributed by atoms with van der Waals surface area (Å²) in [7, 11) is 0. The van der Waals surface area contributed by atoms with Crippen LogP contribution in [0.1, 0.15) is 40.0 Å². The molecule has 0 nitrogen and oxygen atoms in total. The Morgan fingerprint density at radius 2 is 1.86 bits per heavy atom. The maximum absolute atomic E-state index is 2.23. The first-order chi connectivity index (χ1) is 3.31. The van der Waals surface area contributed by atoms with Crippen LogP contribution in [0.25, 0.3) is 0 Å². The maximum Gasteiger partial charge on any atom is 0.0894 e. The smallest absolute Gasteiger partial charge is 0.0613 e. The van der Waals surface area contributed by atoms with Gasteiger partial charge in [-0.25, -0.2) is 0 Å². The van der Waals surface area contributed by atoms with Crippen LogP contribution in [-0.2, 0) is 0 Å². The molecule has 0 heteroatoms. The van der Waals surface area contributed by atoms with Gasteiger partial charge in [0.2, 0.25) is 0 Å². The molecule has 0 unspecified atom stereocenters. The van der Waals surface area contributed by atoms with Crippen LogP contribution >= 0.6 is 0 Å². The molecule has 0 aliphatic carbocycles. The third-order valence-electron chi connectivity index (χ3n) is 1.28. The maximum atomic E-state index is 2.23. The van der Waals surface area contributed by atoms with Crippen molar-refractivity contribution in [3.05, 3.63) is 5.92 Å². The summed E-state index contributed by atoms with van der Waals surface area (Å²) < 4.78 is 0. The lowest BCUT2D eigenvalue weighted by Gasteiger charge is -1.90. The highest BCUT2D eigenvalue weighted by Crippen LogP contribution is 2.09. The van der Waals surface area contributed by atoms with Crippen LogP contribution in [0.2, 0.25) is 0 Å². The summed E-state index contributed by atoms with van der Waals surface area (Å²) >= 11 is 0. The minimum atomic E-state index is 1.26. The number of hydrogen-bond donors (Lipinski definition) is 0. The number of rotatable bonds is 3. The molecule has 0 heterocycles. The van der Waals surface area contributed by atoms with Gasteiger partial charge in [0.25, 0.3) is 0 Å². The summed E-state index contributed by atoms with van der Waals surface area (Å²) in [5.41, 5.74) is 0. The molecule has 0 aliphatic heterocycles. The fraction of sp³-hybridized carbons (Fsp3) is 0.857. The molecular formula is C7H15+. The van der Waals surface area contributed by atoms with Crippen molar-refractivity contribution in [3.8, 4) is 0 Å². The molecular weight excluding hydrogens is 84.1 g/mol. The molecule has 0 amide bonds. The molecule has 0 aromatic heterocycles. The van der Waals surface area contributed by atoms with E-state index in [1.165, 1.54) is 19.3 Å². The van der Waals surface area contributed by atoms with Gasteiger partial charge < -0.3 is 0 Å². The molecule has 0 spiro atoms. The molecule has 0 atom stereocenters. The van der Waals surface area contributed by atoms with Crippen molar-refractivity contribution in [1.82, 2.24) is 0 Å². The van der Waals surface area contributed by atoms with Gasteiger partial charge in [0.1, 0.15) is 0 Å². The van der Waals surface area contributed by atoms with Crippen molar-refractivity contribution in [2.24, 2.45) is 0 Å². The minimum absolute atomic E-state index is 1.26. The molecule has 7 heavy (non-hydrogen) atoms. The average Bonchev–Trinajstić information content (AvgIpc) is 1.68. The van der Waals surface area contributed by atoms with Crippen molar-refractivity contribution < 1.29 is 0 Å². The van der Waals surface area contributed by atoms with E-state index in [0.29, 0.717) is 0 Å². The van der Waals surface area contributed by atoms with Gasteiger partial charge in [-0.05, 0) is 13.3 Å². The SMILES string of the molecule is CCC[C+](C)CC. The zero-order chi connectivity index (χ0) is 5.70. The first kappa shape index (κ1) is 6.87. The summed E-state index contributed by atoms with van der Waals surface area (Å²) in [4.78, 5) is 0. The van der Waals surface area contributed by atoms with Crippen molar-refractivity contribution in [2.45, 2.75) is 40.0 Å². The molecule has 0 radical (unpaired) electrons. The Kier molecular flexibility index (Phi) is 3.97. The van der Waals surface area contributed by atoms with Crippen molar-refractivity contribution in [2.75, 3.05) is 0 Å². The second-order valence-corrected chi connectivity index (χ2v) is 2.06. The van der Waals surface area contributed by atoms with Gasteiger partial charge in [-0.15, -0.1) is 0 Å². The van der Waals surface area contributed by atoms with Crippen LogP contribution in [0.3, 0.4) is 0 Å². The van der Waals surface area contributed by atoms with Crippen LogP contribution in [0.4, 0.5) is 0 Å². The highest BCUT2D eigenvalue weighted by molar-refractivity contribution is 4.79. The second kappa shape index (κ2) is 4.04. The molecule has 0 aromatic rings. The van der Waals surface area contributed by atoms with E-state index in [4.69, 9.17) is 0 Å². The van der Waals surface area contributed by atoms with Crippen molar-refractivity contribution in [3.63, 3.8) is 0 Å². The predicted molar refractivity (Wildman–Crippen MR) is 34.1 cm³/mol. The summed E-state index contributed by atoms with van der Waals surface area (Å²) in [6, 6.07) is 0. The van der Waals surface area contributed by atoms with Gasteiger partial charge in [0, 0.05) is 0 Å². The zero-order valence-corrected chi connectivity index (χ0v) is 5.62.